The maximum atomic E-state index is 14.3. The van der Waals surface area contributed by atoms with Gasteiger partial charge in [-0.25, -0.2) is 0 Å². The standard InChI is InChI=1S/C38H56N6O13/c1-17-29(19(3)33(42-23(7)48)20(4)30(17)36(55)40-10-26(51)14-45)35(54)39-9-25(50)12-44(13-28(53)16-47)38(57)32-18(2)31(37(56)41-11-27(52)15-46)21(5)34(22(32)6)43-24(8)49/h25-28,45-47,50-53H,9-16H2,1-8H3,(H,39,54)(H,40,55)(H,41,56)(H,42,48)(H,43,49). The number of aliphatic hydroxyl groups is 7. The highest BCUT2D eigenvalue weighted by Crippen LogP contribution is 2.33. The molecule has 19 heteroatoms. The minimum absolute atomic E-state index is 0.0123. The SMILES string of the molecule is CC(=O)Nc1c(C)c(C(=O)NCC(O)CO)c(C)c(C(=O)NCC(O)CN(CC(O)CO)C(=O)c2c(C)c(NC(C)=O)c(C)c(C(=O)NCC(O)CO)c2C)c1C. The molecule has 0 aliphatic heterocycles. The molecule has 19 nitrogen and oxygen atoms in total. The van der Waals surface area contributed by atoms with Gasteiger partial charge < -0.3 is 67.2 Å². The second-order valence-corrected chi connectivity index (χ2v) is 13.9. The summed E-state index contributed by atoms with van der Waals surface area (Å²) in [5.41, 5.74) is 1.76. The number of nitrogens with one attached hydrogen (secondary N) is 5. The Morgan fingerprint density at radius 1 is 0.474 bits per heavy atom. The lowest BCUT2D eigenvalue weighted by Crippen LogP contribution is -2.46. The summed E-state index contributed by atoms with van der Waals surface area (Å²) >= 11 is 0. The van der Waals surface area contributed by atoms with Crippen LogP contribution in [0.5, 0.6) is 0 Å². The quantitative estimate of drug-likeness (QED) is 0.0748. The molecule has 0 heterocycles. The summed E-state index contributed by atoms with van der Waals surface area (Å²) < 4.78 is 0. The van der Waals surface area contributed by atoms with Crippen molar-refractivity contribution in [2.24, 2.45) is 0 Å². The van der Waals surface area contributed by atoms with Crippen molar-refractivity contribution in [3.05, 3.63) is 55.6 Å². The zero-order valence-electron chi connectivity index (χ0n) is 33.5. The van der Waals surface area contributed by atoms with Crippen LogP contribution in [0.25, 0.3) is 0 Å². The zero-order valence-corrected chi connectivity index (χ0v) is 33.5. The van der Waals surface area contributed by atoms with Crippen LogP contribution in [0.1, 0.15) is 88.7 Å². The molecule has 4 unspecified atom stereocenters. The van der Waals surface area contributed by atoms with Gasteiger partial charge in [0.05, 0.1) is 44.2 Å². The fourth-order valence-electron chi connectivity index (χ4n) is 6.56. The van der Waals surface area contributed by atoms with Crippen LogP contribution in [0.2, 0.25) is 0 Å². The lowest BCUT2D eigenvalue weighted by molar-refractivity contribution is -0.115. The van der Waals surface area contributed by atoms with Gasteiger partial charge in [-0.2, -0.15) is 0 Å². The van der Waals surface area contributed by atoms with E-state index in [1.54, 1.807) is 20.8 Å². The average Bonchev–Trinajstić information content (AvgIpc) is 3.14. The molecule has 316 valence electrons. The molecule has 0 saturated heterocycles. The Balaban J connectivity index is 2.56. The largest absolute Gasteiger partial charge is 0.394 e. The van der Waals surface area contributed by atoms with E-state index >= 15 is 0 Å². The minimum Gasteiger partial charge on any atom is -0.394 e. The Kier molecular flexibility index (Phi) is 18.1. The zero-order chi connectivity index (χ0) is 43.5. The summed E-state index contributed by atoms with van der Waals surface area (Å²) in [5.74, 6) is -4.00. The predicted molar refractivity (Wildman–Crippen MR) is 208 cm³/mol. The van der Waals surface area contributed by atoms with E-state index in [0.717, 1.165) is 4.90 Å². The van der Waals surface area contributed by atoms with Gasteiger partial charge in [0.2, 0.25) is 11.8 Å². The third-order valence-corrected chi connectivity index (χ3v) is 9.27. The van der Waals surface area contributed by atoms with Crippen molar-refractivity contribution < 1.29 is 64.5 Å². The van der Waals surface area contributed by atoms with E-state index in [1.165, 1.54) is 34.6 Å². The molecule has 0 bridgehead atoms. The van der Waals surface area contributed by atoms with Crippen LogP contribution >= 0.6 is 0 Å². The molecule has 0 aromatic heterocycles. The fraction of sp³-hybridized carbons (Fsp3) is 0.526. The van der Waals surface area contributed by atoms with Crippen LogP contribution in [0.15, 0.2) is 0 Å². The number of carbonyl (C=O) groups excluding carboxylic acids is 6. The minimum atomic E-state index is -1.50. The number of carbonyl (C=O) groups is 6. The van der Waals surface area contributed by atoms with Crippen molar-refractivity contribution >= 4 is 46.8 Å². The molecule has 0 saturated carbocycles. The van der Waals surface area contributed by atoms with Crippen LogP contribution in [0.4, 0.5) is 11.4 Å². The van der Waals surface area contributed by atoms with E-state index in [4.69, 9.17) is 5.11 Å². The van der Waals surface area contributed by atoms with Crippen LogP contribution in [0.3, 0.4) is 0 Å². The summed E-state index contributed by atoms with van der Waals surface area (Å²) in [6, 6.07) is 0. The van der Waals surface area contributed by atoms with Gasteiger partial charge in [0.1, 0.15) is 0 Å². The lowest BCUT2D eigenvalue weighted by Gasteiger charge is -2.30. The third kappa shape index (κ3) is 12.2. The summed E-state index contributed by atoms with van der Waals surface area (Å²) in [6.07, 6.45) is -5.50. The van der Waals surface area contributed by atoms with Gasteiger partial charge in [0.25, 0.3) is 23.6 Å². The highest BCUT2D eigenvalue weighted by molar-refractivity contribution is 6.09. The first-order valence-electron chi connectivity index (χ1n) is 18.1. The first-order valence-corrected chi connectivity index (χ1v) is 18.1. The number of anilines is 2. The predicted octanol–water partition coefficient (Wildman–Crippen LogP) is -1.79. The Morgan fingerprint density at radius 2 is 0.772 bits per heavy atom. The van der Waals surface area contributed by atoms with E-state index in [2.05, 4.69) is 26.6 Å². The molecule has 0 fully saturated rings. The number of aliphatic hydroxyl groups excluding tert-OH is 7. The van der Waals surface area contributed by atoms with Crippen LogP contribution in [-0.4, -0.2) is 153 Å². The molecule has 0 aliphatic carbocycles. The summed E-state index contributed by atoms with van der Waals surface area (Å²) in [4.78, 5) is 80.1. The molecule has 57 heavy (non-hydrogen) atoms. The fourth-order valence-corrected chi connectivity index (χ4v) is 6.56. The molecule has 0 spiro atoms. The van der Waals surface area contributed by atoms with Gasteiger partial charge in [0, 0.05) is 80.2 Å². The summed E-state index contributed by atoms with van der Waals surface area (Å²) in [6.45, 7) is 7.50. The molecular weight excluding hydrogens is 748 g/mol. The third-order valence-electron chi connectivity index (χ3n) is 9.27. The molecule has 6 amide bonds. The molecule has 2 rings (SSSR count). The van der Waals surface area contributed by atoms with Crippen LogP contribution in [-0.2, 0) is 9.59 Å². The van der Waals surface area contributed by atoms with Gasteiger partial charge in [-0.1, -0.05) is 0 Å². The van der Waals surface area contributed by atoms with Crippen LogP contribution < -0.4 is 26.6 Å². The van der Waals surface area contributed by atoms with Gasteiger partial charge in [0.15, 0.2) is 0 Å². The maximum absolute atomic E-state index is 14.3. The number of hydrogen-bond donors (Lipinski definition) is 12. The van der Waals surface area contributed by atoms with Crippen molar-refractivity contribution in [2.45, 2.75) is 79.8 Å². The Hall–Kier alpha value is -5.02. The molecule has 0 aliphatic rings. The maximum Gasteiger partial charge on any atom is 0.254 e. The van der Waals surface area contributed by atoms with Crippen molar-refractivity contribution in [1.29, 1.82) is 0 Å². The Bertz CT molecular complexity index is 1850. The monoisotopic (exact) mass is 804 g/mol. The molecule has 2 aromatic carbocycles. The first-order chi connectivity index (χ1) is 26.6. The molecular formula is C38H56N6O13. The lowest BCUT2D eigenvalue weighted by atomic mass is 9.89. The Labute approximate surface area is 330 Å². The topological polar surface area (TPSA) is 307 Å². The van der Waals surface area contributed by atoms with Gasteiger partial charge >= 0.3 is 0 Å². The van der Waals surface area contributed by atoms with Crippen molar-refractivity contribution in [2.75, 3.05) is 63.2 Å². The van der Waals surface area contributed by atoms with E-state index in [-0.39, 0.29) is 63.4 Å². The number of hydrogen-bond acceptors (Lipinski definition) is 13. The van der Waals surface area contributed by atoms with Gasteiger partial charge in [-0.05, 0) is 74.9 Å². The van der Waals surface area contributed by atoms with Crippen molar-refractivity contribution in [1.82, 2.24) is 20.9 Å². The number of benzene rings is 2. The summed E-state index contributed by atoms with van der Waals surface area (Å²) in [7, 11) is 0. The molecule has 12 N–H and O–H groups in total. The van der Waals surface area contributed by atoms with E-state index in [9.17, 15) is 59.4 Å². The Morgan fingerprint density at radius 3 is 1.11 bits per heavy atom. The highest BCUT2D eigenvalue weighted by Gasteiger charge is 2.31. The van der Waals surface area contributed by atoms with Crippen molar-refractivity contribution in [3.8, 4) is 0 Å². The van der Waals surface area contributed by atoms with E-state index < -0.39 is 99.3 Å². The van der Waals surface area contributed by atoms with E-state index in [0.29, 0.717) is 16.7 Å². The second-order valence-electron chi connectivity index (χ2n) is 13.9. The summed E-state index contributed by atoms with van der Waals surface area (Å²) in [5, 5.41) is 82.0. The number of nitrogens with zero attached hydrogens (tertiary/aromatic N) is 1. The number of rotatable bonds is 19. The highest BCUT2D eigenvalue weighted by atomic mass is 16.3. The molecule has 2 aromatic rings. The smallest absolute Gasteiger partial charge is 0.254 e. The average molecular weight is 805 g/mol. The van der Waals surface area contributed by atoms with Crippen molar-refractivity contribution in [3.63, 3.8) is 0 Å². The van der Waals surface area contributed by atoms with Crippen LogP contribution in [0, 0.1) is 41.5 Å². The second kappa shape index (κ2) is 21.5. The van der Waals surface area contributed by atoms with Gasteiger partial charge in [-0.15, -0.1) is 0 Å². The first kappa shape index (κ1) is 48.1. The van der Waals surface area contributed by atoms with Gasteiger partial charge in [-0.3, -0.25) is 28.8 Å². The normalized spacial score (nSPS) is 13.2. The molecule has 4 atom stereocenters. The number of amides is 6. The van der Waals surface area contributed by atoms with E-state index in [1.807, 2.05) is 0 Å². The molecule has 0 radical (unpaired) electrons.